The van der Waals surface area contributed by atoms with Crippen LogP contribution in [0, 0.1) is 0 Å². The molecule has 0 unspecified atom stereocenters. The molecule has 0 aliphatic carbocycles. The summed E-state index contributed by atoms with van der Waals surface area (Å²) in [6.45, 7) is 0.670. The fourth-order valence-corrected chi connectivity index (χ4v) is 2.86. The smallest absolute Gasteiger partial charge is 0.254 e. The number of carbonyl (C=O) groups is 1. The SMILES string of the molecule is CN1Cc2cc(-c3cccc(-c4ccno4)c3)ccc2C1=O. The van der Waals surface area contributed by atoms with Gasteiger partial charge in [0.25, 0.3) is 5.91 Å². The van der Waals surface area contributed by atoms with Crippen LogP contribution in [0.4, 0.5) is 0 Å². The van der Waals surface area contributed by atoms with Gasteiger partial charge < -0.3 is 9.42 Å². The van der Waals surface area contributed by atoms with Gasteiger partial charge in [0, 0.05) is 30.8 Å². The van der Waals surface area contributed by atoms with Crippen LogP contribution in [0.15, 0.2) is 59.3 Å². The van der Waals surface area contributed by atoms with Gasteiger partial charge >= 0.3 is 0 Å². The van der Waals surface area contributed by atoms with Crippen molar-refractivity contribution in [1.82, 2.24) is 10.1 Å². The maximum atomic E-state index is 12.0. The van der Waals surface area contributed by atoms with Gasteiger partial charge in [-0.25, -0.2) is 0 Å². The van der Waals surface area contributed by atoms with Crippen LogP contribution in [0.2, 0.25) is 0 Å². The monoisotopic (exact) mass is 290 g/mol. The molecule has 1 aliphatic heterocycles. The van der Waals surface area contributed by atoms with Gasteiger partial charge in [-0.3, -0.25) is 4.79 Å². The third kappa shape index (κ3) is 2.00. The van der Waals surface area contributed by atoms with Crippen LogP contribution in [0.3, 0.4) is 0 Å². The first-order chi connectivity index (χ1) is 10.7. The molecular weight excluding hydrogens is 276 g/mol. The summed E-state index contributed by atoms with van der Waals surface area (Å²) in [5.41, 5.74) is 5.07. The maximum absolute atomic E-state index is 12.0. The first kappa shape index (κ1) is 12.8. The van der Waals surface area contributed by atoms with Gasteiger partial charge in [0.15, 0.2) is 5.76 Å². The van der Waals surface area contributed by atoms with Crippen LogP contribution in [0.1, 0.15) is 15.9 Å². The van der Waals surface area contributed by atoms with E-state index in [2.05, 4.69) is 23.4 Å². The molecule has 22 heavy (non-hydrogen) atoms. The van der Waals surface area contributed by atoms with E-state index in [1.54, 1.807) is 11.1 Å². The van der Waals surface area contributed by atoms with Crippen LogP contribution < -0.4 is 0 Å². The lowest BCUT2D eigenvalue weighted by Gasteiger charge is -2.06. The third-order valence-corrected chi connectivity index (χ3v) is 4.01. The largest absolute Gasteiger partial charge is 0.356 e. The number of hydrogen-bond donors (Lipinski definition) is 0. The lowest BCUT2D eigenvalue weighted by molar-refractivity contribution is 0.0816. The summed E-state index contributed by atoms with van der Waals surface area (Å²) in [6, 6.07) is 16.0. The van der Waals surface area contributed by atoms with E-state index in [-0.39, 0.29) is 5.91 Å². The van der Waals surface area contributed by atoms with E-state index in [1.807, 2.05) is 37.4 Å². The van der Waals surface area contributed by atoms with Gasteiger partial charge in [0.05, 0.1) is 6.20 Å². The molecule has 0 N–H and O–H groups in total. The number of benzene rings is 2. The van der Waals surface area contributed by atoms with Crippen molar-refractivity contribution in [2.45, 2.75) is 6.54 Å². The Morgan fingerprint density at radius 3 is 2.68 bits per heavy atom. The van der Waals surface area contributed by atoms with E-state index in [9.17, 15) is 4.79 Å². The van der Waals surface area contributed by atoms with Gasteiger partial charge in [-0.05, 0) is 34.9 Å². The molecule has 0 bridgehead atoms. The molecule has 1 aromatic heterocycles. The molecule has 0 spiro atoms. The zero-order valence-corrected chi connectivity index (χ0v) is 12.1. The Hall–Kier alpha value is -2.88. The summed E-state index contributed by atoms with van der Waals surface area (Å²) in [5.74, 6) is 0.842. The van der Waals surface area contributed by atoms with E-state index in [1.165, 1.54) is 0 Å². The minimum atomic E-state index is 0.0944. The van der Waals surface area contributed by atoms with Crippen molar-refractivity contribution in [1.29, 1.82) is 0 Å². The highest BCUT2D eigenvalue weighted by molar-refractivity contribution is 5.98. The second-order valence-electron chi connectivity index (χ2n) is 5.49. The first-order valence-electron chi connectivity index (χ1n) is 7.12. The van der Waals surface area contributed by atoms with Crippen LogP contribution in [0.5, 0.6) is 0 Å². The van der Waals surface area contributed by atoms with Crippen molar-refractivity contribution in [3.05, 3.63) is 65.9 Å². The molecule has 3 aromatic rings. The Balaban J connectivity index is 1.76. The molecule has 4 heteroatoms. The fourth-order valence-electron chi connectivity index (χ4n) is 2.86. The molecule has 0 radical (unpaired) electrons. The second-order valence-corrected chi connectivity index (χ2v) is 5.49. The molecule has 0 atom stereocenters. The second kappa shape index (κ2) is 4.84. The summed E-state index contributed by atoms with van der Waals surface area (Å²) < 4.78 is 5.21. The summed E-state index contributed by atoms with van der Waals surface area (Å²) in [7, 11) is 1.83. The fraction of sp³-hybridized carbons (Fsp3) is 0.111. The third-order valence-electron chi connectivity index (χ3n) is 4.01. The van der Waals surface area contributed by atoms with Gasteiger partial charge in [-0.15, -0.1) is 0 Å². The van der Waals surface area contributed by atoms with E-state index >= 15 is 0 Å². The quantitative estimate of drug-likeness (QED) is 0.724. The summed E-state index contributed by atoms with van der Waals surface area (Å²) in [6.07, 6.45) is 1.64. The van der Waals surface area contributed by atoms with Gasteiger partial charge in [0.1, 0.15) is 0 Å². The number of fused-ring (bicyclic) bond motifs is 1. The molecule has 2 aromatic carbocycles. The Morgan fingerprint density at radius 2 is 1.86 bits per heavy atom. The van der Waals surface area contributed by atoms with Crippen LogP contribution in [-0.4, -0.2) is 23.0 Å². The van der Waals surface area contributed by atoms with E-state index in [0.717, 1.165) is 33.6 Å². The molecule has 2 heterocycles. The normalized spacial score (nSPS) is 13.5. The number of amides is 1. The van der Waals surface area contributed by atoms with Crippen molar-refractivity contribution < 1.29 is 9.32 Å². The standard InChI is InChI=1S/C18H14N2O2/c1-20-11-15-10-13(5-6-16(15)18(20)21)12-3-2-4-14(9-12)17-7-8-19-22-17/h2-10H,11H2,1H3. The molecule has 4 rings (SSSR count). The Labute approximate surface area is 128 Å². The topological polar surface area (TPSA) is 46.3 Å². The van der Waals surface area contributed by atoms with Crippen molar-refractivity contribution in [2.75, 3.05) is 7.05 Å². The molecule has 0 fully saturated rings. The zero-order chi connectivity index (χ0) is 15.1. The van der Waals surface area contributed by atoms with Crippen molar-refractivity contribution >= 4 is 5.91 Å². The van der Waals surface area contributed by atoms with Gasteiger partial charge in [0.2, 0.25) is 0 Å². The molecular formula is C18H14N2O2. The Kier molecular flexibility index (Phi) is 2.82. The average molecular weight is 290 g/mol. The number of aromatic nitrogens is 1. The molecule has 0 saturated carbocycles. The van der Waals surface area contributed by atoms with Crippen molar-refractivity contribution in [3.63, 3.8) is 0 Å². The first-order valence-corrected chi connectivity index (χ1v) is 7.12. The number of rotatable bonds is 2. The number of hydrogen-bond acceptors (Lipinski definition) is 3. The lowest BCUT2D eigenvalue weighted by Crippen LogP contribution is -2.17. The highest BCUT2D eigenvalue weighted by Crippen LogP contribution is 2.30. The minimum Gasteiger partial charge on any atom is -0.356 e. The minimum absolute atomic E-state index is 0.0944. The number of carbonyl (C=O) groups excluding carboxylic acids is 1. The molecule has 1 amide bonds. The molecule has 0 saturated heterocycles. The van der Waals surface area contributed by atoms with Gasteiger partial charge in [-0.1, -0.05) is 29.4 Å². The number of nitrogens with zero attached hydrogens (tertiary/aromatic N) is 2. The van der Waals surface area contributed by atoms with Crippen molar-refractivity contribution in [2.24, 2.45) is 0 Å². The highest BCUT2D eigenvalue weighted by atomic mass is 16.5. The van der Waals surface area contributed by atoms with E-state index in [4.69, 9.17) is 4.52 Å². The summed E-state index contributed by atoms with van der Waals surface area (Å²) in [5, 5.41) is 3.75. The predicted octanol–water partition coefficient (Wildman–Crippen LogP) is 3.59. The van der Waals surface area contributed by atoms with Gasteiger partial charge in [-0.2, -0.15) is 0 Å². The van der Waals surface area contributed by atoms with E-state index < -0.39 is 0 Å². The highest BCUT2D eigenvalue weighted by Gasteiger charge is 2.24. The molecule has 108 valence electrons. The van der Waals surface area contributed by atoms with Crippen molar-refractivity contribution in [3.8, 4) is 22.5 Å². The predicted molar refractivity (Wildman–Crippen MR) is 83.2 cm³/mol. The van der Waals surface area contributed by atoms with Crippen LogP contribution in [0.25, 0.3) is 22.5 Å². The lowest BCUT2D eigenvalue weighted by atomic mass is 9.98. The average Bonchev–Trinajstić information content (AvgIpc) is 3.17. The van der Waals surface area contributed by atoms with E-state index in [0.29, 0.717) is 6.54 Å². The zero-order valence-electron chi connectivity index (χ0n) is 12.1. The van der Waals surface area contributed by atoms with Crippen LogP contribution in [-0.2, 0) is 6.54 Å². The Bertz CT molecular complexity index is 853. The molecule has 1 aliphatic rings. The molecule has 4 nitrogen and oxygen atoms in total. The maximum Gasteiger partial charge on any atom is 0.254 e. The van der Waals surface area contributed by atoms with Crippen LogP contribution >= 0.6 is 0 Å². The summed E-state index contributed by atoms with van der Waals surface area (Å²) in [4.78, 5) is 13.7. The Morgan fingerprint density at radius 1 is 1.05 bits per heavy atom. The summed E-state index contributed by atoms with van der Waals surface area (Å²) >= 11 is 0.